The topological polar surface area (TPSA) is 117 Å². The number of benzene rings is 4. The number of aliphatic hydroxyl groups excluding tert-OH is 1. The first-order chi connectivity index (χ1) is 21.0. The van der Waals surface area contributed by atoms with E-state index in [1.165, 1.54) is 0 Å². The molecule has 5 rings (SSSR count). The normalized spacial score (nSPS) is 18.1. The summed E-state index contributed by atoms with van der Waals surface area (Å²) in [6.45, 7) is 0.819. The summed E-state index contributed by atoms with van der Waals surface area (Å²) in [6, 6.07) is 31.9. The summed E-state index contributed by atoms with van der Waals surface area (Å²) in [7, 11) is 0. The smallest absolute Gasteiger partial charge is 0.335 e. The van der Waals surface area contributed by atoms with E-state index in [0.29, 0.717) is 25.3 Å². The van der Waals surface area contributed by atoms with E-state index in [-0.39, 0.29) is 30.4 Å². The molecule has 9 heteroatoms. The third kappa shape index (κ3) is 8.68. The Labute approximate surface area is 255 Å². The van der Waals surface area contributed by atoms with Crippen LogP contribution in [0.4, 0.5) is 4.79 Å². The highest BCUT2D eigenvalue weighted by Crippen LogP contribution is 2.39. The number of carboxylic acid groups (broad SMARTS) is 1. The predicted octanol–water partition coefficient (Wildman–Crippen LogP) is 6.21. The highest BCUT2D eigenvalue weighted by molar-refractivity contribution is 7.99. The van der Waals surface area contributed by atoms with Gasteiger partial charge in [-0.3, -0.25) is 0 Å². The Hall–Kier alpha value is -4.15. The first-order valence-electron chi connectivity index (χ1n) is 14.1. The standard InChI is InChI=1S/C34H34N2O6S/c37-21-25-8-10-26(11-9-25)31-18-29(22-43-30-16-14-27(15-17-30)32(38)39)41-33(42-31)28-12-6-24(7-13-28)20-36-34(40)35-19-23-4-2-1-3-5-23/h1-17,29,31,33,37H,18-22H2,(H,38,39)(H2,35,36,40)/t29-,31+,33+/m1/s1. The first kappa shape index (κ1) is 30.3. The lowest BCUT2D eigenvalue weighted by Gasteiger charge is -2.36. The van der Waals surface area contributed by atoms with E-state index in [1.54, 1.807) is 23.9 Å². The number of ether oxygens (including phenoxy) is 2. The maximum absolute atomic E-state index is 12.3. The number of hydrogen-bond donors (Lipinski definition) is 4. The van der Waals surface area contributed by atoms with Crippen LogP contribution in [0.2, 0.25) is 0 Å². The second-order valence-electron chi connectivity index (χ2n) is 10.3. The minimum atomic E-state index is -0.949. The molecule has 43 heavy (non-hydrogen) atoms. The monoisotopic (exact) mass is 598 g/mol. The van der Waals surface area contributed by atoms with Crippen LogP contribution >= 0.6 is 11.8 Å². The molecule has 8 nitrogen and oxygen atoms in total. The lowest BCUT2D eigenvalue weighted by molar-refractivity contribution is -0.245. The number of carbonyl (C=O) groups is 2. The lowest BCUT2D eigenvalue weighted by Crippen LogP contribution is -2.34. The van der Waals surface area contributed by atoms with E-state index in [9.17, 15) is 19.8 Å². The Morgan fingerprint density at radius 3 is 1.98 bits per heavy atom. The fourth-order valence-corrected chi connectivity index (χ4v) is 5.64. The molecule has 4 N–H and O–H groups in total. The highest BCUT2D eigenvalue weighted by Gasteiger charge is 2.32. The summed E-state index contributed by atoms with van der Waals surface area (Å²) in [5.41, 5.74) is 4.95. The molecule has 0 aromatic heterocycles. The van der Waals surface area contributed by atoms with Crippen LogP contribution in [0.1, 0.15) is 57.0 Å². The lowest BCUT2D eigenvalue weighted by atomic mass is 10.0. The molecule has 1 saturated heterocycles. The molecule has 1 fully saturated rings. The molecular weight excluding hydrogens is 564 g/mol. The molecule has 0 saturated carbocycles. The fourth-order valence-electron chi connectivity index (χ4n) is 4.72. The van der Waals surface area contributed by atoms with Crippen molar-refractivity contribution in [1.29, 1.82) is 0 Å². The molecule has 0 aliphatic carbocycles. The molecule has 1 heterocycles. The van der Waals surface area contributed by atoms with Crippen molar-refractivity contribution in [3.05, 3.63) is 137 Å². The van der Waals surface area contributed by atoms with Gasteiger partial charge in [-0.2, -0.15) is 0 Å². The van der Waals surface area contributed by atoms with Gasteiger partial charge in [0.15, 0.2) is 6.29 Å². The number of amides is 2. The minimum absolute atomic E-state index is 0.0205. The number of thioether (sulfide) groups is 1. The van der Waals surface area contributed by atoms with Gasteiger partial charge in [-0.25, -0.2) is 9.59 Å². The van der Waals surface area contributed by atoms with Gasteiger partial charge >= 0.3 is 12.0 Å². The third-order valence-electron chi connectivity index (χ3n) is 7.15. The van der Waals surface area contributed by atoms with Crippen LogP contribution in [-0.2, 0) is 29.2 Å². The molecule has 4 aromatic rings. The van der Waals surface area contributed by atoms with E-state index in [4.69, 9.17) is 9.47 Å². The summed E-state index contributed by atoms with van der Waals surface area (Å²) < 4.78 is 12.8. The zero-order valence-electron chi connectivity index (χ0n) is 23.5. The zero-order valence-corrected chi connectivity index (χ0v) is 24.3. The van der Waals surface area contributed by atoms with Gasteiger partial charge in [0.1, 0.15) is 0 Å². The Balaban J connectivity index is 1.22. The second-order valence-corrected chi connectivity index (χ2v) is 11.3. The quantitative estimate of drug-likeness (QED) is 0.152. The van der Waals surface area contributed by atoms with Crippen LogP contribution in [0.25, 0.3) is 0 Å². The third-order valence-corrected chi connectivity index (χ3v) is 8.30. The van der Waals surface area contributed by atoms with Crippen LogP contribution in [0.5, 0.6) is 0 Å². The number of hydrogen-bond acceptors (Lipinski definition) is 6. The van der Waals surface area contributed by atoms with Crippen LogP contribution in [-0.4, -0.2) is 34.1 Å². The maximum atomic E-state index is 12.3. The zero-order chi connectivity index (χ0) is 30.0. The average Bonchev–Trinajstić information content (AvgIpc) is 3.06. The molecule has 222 valence electrons. The van der Waals surface area contributed by atoms with Crippen molar-refractivity contribution in [3.63, 3.8) is 0 Å². The van der Waals surface area contributed by atoms with E-state index in [0.717, 1.165) is 32.7 Å². The van der Waals surface area contributed by atoms with E-state index >= 15 is 0 Å². The average molecular weight is 599 g/mol. The molecule has 0 spiro atoms. The maximum Gasteiger partial charge on any atom is 0.335 e. The van der Waals surface area contributed by atoms with Crippen molar-refractivity contribution in [2.75, 3.05) is 5.75 Å². The van der Waals surface area contributed by atoms with Gasteiger partial charge in [-0.05, 0) is 46.5 Å². The molecule has 3 atom stereocenters. The number of carbonyl (C=O) groups excluding carboxylic acids is 1. The van der Waals surface area contributed by atoms with Crippen LogP contribution in [0.3, 0.4) is 0 Å². The number of nitrogens with one attached hydrogen (secondary N) is 2. The van der Waals surface area contributed by atoms with Crippen molar-refractivity contribution in [1.82, 2.24) is 10.6 Å². The van der Waals surface area contributed by atoms with E-state index in [1.807, 2.05) is 91.0 Å². The molecular formula is C34H34N2O6S. The Bertz CT molecular complexity index is 1480. The Kier molecular flexibility index (Phi) is 10.5. The first-order valence-corrected chi connectivity index (χ1v) is 15.1. The van der Waals surface area contributed by atoms with Crippen molar-refractivity contribution in [2.24, 2.45) is 0 Å². The molecule has 0 radical (unpaired) electrons. The van der Waals surface area contributed by atoms with Crippen molar-refractivity contribution < 1.29 is 29.3 Å². The largest absolute Gasteiger partial charge is 0.478 e. The van der Waals surface area contributed by atoms with Gasteiger partial charge in [0.25, 0.3) is 0 Å². The van der Waals surface area contributed by atoms with Gasteiger partial charge < -0.3 is 30.3 Å². The van der Waals surface area contributed by atoms with Gasteiger partial charge in [-0.15, -0.1) is 11.8 Å². The molecule has 2 amide bonds. The number of aromatic carboxylic acids is 1. The van der Waals surface area contributed by atoms with Crippen molar-refractivity contribution in [3.8, 4) is 0 Å². The molecule has 1 aliphatic heterocycles. The van der Waals surface area contributed by atoms with E-state index in [2.05, 4.69) is 10.6 Å². The number of urea groups is 1. The highest BCUT2D eigenvalue weighted by atomic mass is 32.2. The summed E-state index contributed by atoms with van der Waals surface area (Å²) in [6.07, 6.45) is -0.274. The second kappa shape index (κ2) is 14.8. The Morgan fingerprint density at radius 2 is 1.35 bits per heavy atom. The van der Waals surface area contributed by atoms with Crippen LogP contribution in [0, 0.1) is 0 Å². The van der Waals surface area contributed by atoms with Gasteiger partial charge in [0.2, 0.25) is 0 Å². The summed E-state index contributed by atoms with van der Waals surface area (Å²) >= 11 is 1.61. The summed E-state index contributed by atoms with van der Waals surface area (Å²) in [4.78, 5) is 24.4. The molecule has 0 unspecified atom stereocenters. The minimum Gasteiger partial charge on any atom is -0.478 e. The van der Waals surface area contributed by atoms with Crippen molar-refractivity contribution >= 4 is 23.8 Å². The van der Waals surface area contributed by atoms with Gasteiger partial charge in [-0.1, -0.05) is 78.9 Å². The molecule has 0 bridgehead atoms. The summed E-state index contributed by atoms with van der Waals surface area (Å²) in [5.74, 6) is -0.284. The predicted molar refractivity (Wildman–Crippen MR) is 165 cm³/mol. The Morgan fingerprint density at radius 1 is 0.744 bits per heavy atom. The van der Waals surface area contributed by atoms with Crippen LogP contribution in [0.15, 0.2) is 108 Å². The van der Waals surface area contributed by atoms with Crippen LogP contribution < -0.4 is 10.6 Å². The molecule has 4 aromatic carbocycles. The molecule has 1 aliphatic rings. The van der Waals surface area contributed by atoms with Crippen molar-refractivity contribution in [2.45, 2.75) is 49.5 Å². The summed E-state index contributed by atoms with van der Waals surface area (Å²) in [5, 5.41) is 24.4. The SMILES string of the molecule is O=C(NCc1ccccc1)NCc1ccc([C@H]2O[C@@H](CSc3ccc(C(=O)O)cc3)C[C@@H](c3ccc(CO)cc3)O2)cc1. The van der Waals surface area contributed by atoms with E-state index < -0.39 is 12.3 Å². The number of aliphatic hydroxyl groups is 1. The number of rotatable bonds is 11. The van der Waals surface area contributed by atoms with Gasteiger partial charge in [0.05, 0.1) is 24.4 Å². The number of carboxylic acids is 1. The van der Waals surface area contributed by atoms with Gasteiger partial charge in [0, 0.05) is 35.7 Å². The fraction of sp³-hybridized carbons (Fsp3) is 0.235.